The lowest BCUT2D eigenvalue weighted by molar-refractivity contribution is 0.131. The predicted molar refractivity (Wildman–Crippen MR) is 97.7 cm³/mol. The monoisotopic (exact) mass is 333 g/mol. The molecule has 0 spiro atoms. The van der Waals surface area contributed by atoms with Gasteiger partial charge in [0.25, 0.3) is 0 Å². The van der Waals surface area contributed by atoms with Crippen molar-refractivity contribution in [3.63, 3.8) is 0 Å². The van der Waals surface area contributed by atoms with Gasteiger partial charge in [-0.2, -0.15) is 4.98 Å². The van der Waals surface area contributed by atoms with Crippen LogP contribution in [0.1, 0.15) is 38.5 Å². The average Bonchev–Trinajstić information content (AvgIpc) is 2.90. The molecule has 0 radical (unpaired) electrons. The fraction of sp³-hybridized carbons (Fsp3) is 0.778. The summed E-state index contributed by atoms with van der Waals surface area (Å²) >= 11 is 0. The first-order valence-corrected chi connectivity index (χ1v) is 9.41. The van der Waals surface area contributed by atoms with Crippen LogP contribution in [-0.2, 0) is 4.74 Å². The van der Waals surface area contributed by atoms with E-state index < -0.39 is 0 Å². The number of piperidine rings is 1. The largest absolute Gasteiger partial charge is 0.383 e. The maximum absolute atomic E-state index is 5.20. The summed E-state index contributed by atoms with van der Waals surface area (Å²) in [5.41, 5.74) is 0. The summed E-state index contributed by atoms with van der Waals surface area (Å²) in [6.45, 7) is 6.24. The molecule has 3 rings (SSSR count). The van der Waals surface area contributed by atoms with Crippen LogP contribution in [0, 0.1) is 0 Å². The second kappa shape index (κ2) is 9.18. The summed E-state index contributed by atoms with van der Waals surface area (Å²) in [4.78, 5) is 14.1. The number of hydrogen-bond acceptors (Lipinski definition) is 6. The highest BCUT2D eigenvalue weighted by molar-refractivity contribution is 5.43. The molecule has 6 heteroatoms. The SMILES string of the molecule is COCCN1CCCC(Nc2nccc(N3CCCCCC3)n2)C1. The Morgan fingerprint density at radius 2 is 2.00 bits per heavy atom. The number of anilines is 2. The van der Waals surface area contributed by atoms with Gasteiger partial charge >= 0.3 is 0 Å². The van der Waals surface area contributed by atoms with Crippen molar-refractivity contribution in [3.05, 3.63) is 12.3 Å². The molecule has 134 valence electrons. The molecule has 2 fully saturated rings. The van der Waals surface area contributed by atoms with Gasteiger partial charge in [0, 0.05) is 45.5 Å². The van der Waals surface area contributed by atoms with Gasteiger partial charge < -0.3 is 15.0 Å². The quantitative estimate of drug-likeness (QED) is 0.863. The number of rotatable bonds is 6. The second-order valence-electron chi connectivity index (χ2n) is 6.92. The van der Waals surface area contributed by atoms with Crippen LogP contribution in [0.25, 0.3) is 0 Å². The van der Waals surface area contributed by atoms with Crippen molar-refractivity contribution in [2.45, 2.75) is 44.6 Å². The zero-order valence-electron chi connectivity index (χ0n) is 14.9. The molecule has 0 amide bonds. The van der Waals surface area contributed by atoms with E-state index in [2.05, 4.69) is 20.1 Å². The minimum atomic E-state index is 0.426. The van der Waals surface area contributed by atoms with Crippen LogP contribution in [0.3, 0.4) is 0 Å². The molecule has 1 aromatic heterocycles. The average molecular weight is 333 g/mol. The van der Waals surface area contributed by atoms with Gasteiger partial charge in [-0.15, -0.1) is 0 Å². The van der Waals surface area contributed by atoms with E-state index in [1.54, 1.807) is 7.11 Å². The van der Waals surface area contributed by atoms with Gasteiger partial charge in [0.05, 0.1) is 6.61 Å². The molecule has 0 saturated carbocycles. The van der Waals surface area contributed by atoms with E-state index in [4.69, 9.17) is 9.72 Å². The third-order valence-electron chi connectivity index (χ3n) is 5.02. The van der Waals surface area contributed by atoms with Gasteiger partial charge in [0.1, 0.15) is 5.82 Å². The van der Waals surface area contributed by atoms with E-state index >= 15 is 0 Å². The molecule has 2 aliphatic heterocycles. The molecule has 2 aliphatic rings. The van der Waals surface area contributed by atoms with Gasteiger partial charge in [-0.3, -0.25) is 4.90 Å². The number of aromatic nitrogens is 2. The van der Waals surface area contributed by atoms with Crippen molar-refractivity contribution in [2.24, 2.45) is 0 Å². The lowest BCUT2D eigenvalue weighted by atomic mass is 10.1. The van der Waals surface area contributed by atoms with Crippen LogP contribution in [0.5, 0.6) is 0 Å². The Labute approximate surface area is 145 Å². The van der Waals surface area contributed by atoms with Crippen LogP contribution < -0.4 is 10.2 Å². The topological polar surface area (TPSA) is 53.5 Å². The fourth-order valence-electron chi connectivity index (χ4n) is 3.67. The molecule has 24 heavy (non-hydrogen) atoms. The molecule has 1 N–H and O–H groups in total. The molecule has 1 unspecified atom stereocenters. The summed E-state index contributed by atoms with van der Waals surface area (Å²) in [5, 5.41) is 3.55. The third kappa shape index (κ3) is 5.05. The first-order chi connectivity index (χ1) is 11.8. The first-order valence-electron chi connectivity index (χ1n) is 9.41. The summed E-state index contributed by atoms with van der Waals surface area (Å²) < 4.78 is 5.20. The second-order valence-corrected chi connectivity index (χ2v) is 6.92. The Kier molecular flexibility index (Phi) is 6.66. The van der Waals surface area contributed by atoms with Crippen LogP contribution in [-0.4, -0.2) is 67.4 Å². The van der Waals surface area contributed by atoms with Gasteiger partial charge in [-0.05, 0) is 38.3 Å². The number of hydrogen-bond donors (Lipinski definition) is 1. The molecule has 0 aliphatic carbocycles. The molecule has 0 aromatic carbocycles. The number of nitrogens with one attached hydrogen (secondary N) is 1. The molecular formula is C18H31N5O. The van der Waals surface area contributed by atoms with E-state index in [-0.39, 0.29) is 0 Å². The standard InChI is InChI=1S/C18H31N5O/c1-24-14-13-22-10-6-7-16(15-22)20-18-19-9-8-17(21-18)23-11-4-2-3-5-12-23/h8-9,16H,2-7,10-15H2,1H3,(H,19,20,21). The van der Waals surface area contributed by atoms with Crippen LogP contribution in [0.2, 0.25) is 0 Å². The lowest BCUT2D eigenvalue weighted by Crippen LogP contribution is -2.43. The highest BCUT2D eigenvalue weighted by Gasteiger charge is 2.20. The first kappa shape index (κ1) is 17.4. The number of likely N-dealkylation sites (tertiary alicyclic amines) is 1. The molecule has 6 nitrogen and oxygen atoms in total. The van der Waals surface area contributed by atoms with Crippen molar-refractivity contribution in [2.75, 3.05) is 56.7 Å². The van der Waals surface area contributed by atoms with E-state index in [0.29, 0.717) is 6.04 Å². The van der Waals surface area contributed by atoms with Crippen LogP contribution >= 0.6 is 0 Å². The van der Waals surface area contributed by atoms with E-state index in [0.717, 1.165) is 51.1 Å². The molecule has 2 saturated heterocycles. The Morgan fingerprint density at radius 1 is 1.17 bits per heavy atom. The molecular weight excluding hydrogens is 302 g/mol. The van der Waals surface area contributed by atoms with E-state index in [1.807, 2.05) is 12.3 Å². The summed E-state index contributed by atoms with van der Waals surface area (Å²) in [5.74, 6) is 1.84. The zero-order chi connectivity index (χ0) is 16.6. The van der Waals surface area contributed by atoms with Crippen molar-refractivity contribution in [1.29, 1.82) is 0 Å². The van der Waals surface area contributed by atoms with Crippen molar-refractivity contribution < 1.29 is 4.74 Å². The van der Waals surface area contributed by atoms with E-state index in [1.165, 1.54) is 38.5 Å². The maximum Gasteiger partial charge on any atom is 0.224 e. The predicted octanol–water partition coefficient (Wildman–Crippen LogP) is 2.38. The highest BCUT2D eigenvalue weighted by atomic mass is 16.5. The highest BCUT2D eigenvalue weighted by Crippen LogP contribution is 2.19. The van der Waals surface area contributed by atoms with Crippen LogP contribution in [0.4, 0.5) is 11.8 Å². The Hall–Kier alpha value is -1.40. The Balaban J connectivity index is 1.57. The lowest BCUT2D eigenvalue weighted by Gasteiger charge is -2.33. The molecule has 3 heterocycles. The van der Waals surface area contributed by atoms with Gasteiger partial charge in [0.15, 0.2) is 0 Å². The van der Waals surface area contributed by atoms with Crippen molar-refractivity contribution >= 4 is 11.8 Å². The smallest absolute Gasteiger partial charge is 0.224 e. The van der Waals surface area contributed by atoms with E-state index in [9.17, 15) is 0 Å². The van der Waals surface area contributed by atoms with Crippen molar-refractivity contribution in [1.82, 2.24) is 14.9 Å². The van der Waals surface area contributed by atoms with Crippen molar-refractivity contribution in [3.8, 4) is 0 Å². The minimum Gasteiger partial charge on any atom is -0.383 e. The Bertz CT molecular complexity index is 490. The summed E-state index contributed by atoms with van der Waals surface area (Å²) in [6.07, 6.45) is 9.50. The Morgan fingerprint density at radius 3 is 2.79 bits per heavy atom. The summed E-state index contributed by atoms with van der Waals surface area (Å²) in [7, 11) is 1.77. The van der Waals surface area contributed by atoms with Crippen LogP contribution in [0.15, 0.2) is 12.3 Å². The van der Waals surface area contributed by atoms with Gasteiger partial charge in [-0.25, -0.2) is 4.98 Å². The maximum atomic E-state index is 5.20. The summed E-state index contributed by atoms with van der Waals surface area (Å²) in [6, 6.07) is 2.47. The normalized spacial score (nSPS) is 23.0. The minimum absolute atomic E-state index is 0.426. The van der Waals surface area contributed by atoms with Gasteiger partial charge in [-0.1, -0.05) is 12.8 Å². The number of ether oxygens (including phenoxy) is 1. The third-order valence-corrected chi connectivity index (χ3v) is 5.02. The number of methoxy groups -OCH3 is 1. The molecule has 0 bridgehead atoms. The zero-order valence-corrected chi connectivity index (χ0v) is 14.9. The fourth-order valence-corrected chi connectivity index (χ4v) is 3.67. The molecule has 1 aromatic rings. The molecule has 1 atom stereocenters. The number of nitrogens with zero attached hydrogens (tertiary/aromatic N) is 4. The van der Waals surface area contributed by atoms with Gasteiger partial charge in [0.2, 0.25) is 5.95 Å².